The van der Waals surface area contributed by atoms with Gasteiger partial charge < -0.3 is 10.1 Å². The molecule has 0 atom stereocenters. The summed E-state index contributed by atoms with van der Waals surface area (Å²) < 4.78 is 5.03. The molecular formula is C11H18N4O2. The molecule has 0 radical (unpaired) electrons. The number of ether oxygens (including phenoxy) is 1. The van der Waals surface area contributed by atoms with Gasteiger partial charge in [-0.05, 0) is 32.6 Å². The molecule has 17 heavy (non-hydrogen) atoms. The van der Waals surface area contributed by atoms with Crippen molar-refractivity contribution in [2.24, 2.45) is 5.92 Å². The van der Waals surface area contributed by atoms with Gasteiger partial charge in [0.2, 0.25) is 5.95 Å². The van der Waals surface area contributed by atoms with Gasteiger partial charge in [-0.15, -0.1) is 0 Å². The lowest BCUT2D eigenvalue weighted by Crippen LogP contribution is -2.30. The number of esters is 1. The molecule has 1 aliphatic carbocycles. The summed E-state index contributed by atoms with van der Waals surface area (Å²) in [6.07, 6.45) is 5.16. The number of rotatable bonds is 4. The lowest BCUT2D eigenvalue weighted by molar-refractivity contribution is -0.149. The van der Waals surface area contributed by atoms with Crippen LogP contribution in [0.4, 0.5) is 5.95 Å². The van der Waals surface area contributed by atoms with Gasteiger partial charge in [0.1, 0.15) is 6.33 Å². The number of nitrogens with one attached hydrogen (secondary N) is 2. The van der Waals surface area contributed by atoms with Crippen LogP contribution in [0.3, 0.4) is 0 Å². The average Bonchev–Trinajstić information content (AvgIpc) is 2.83. The quantitative estimate of drug-likeness (QED) is 0.774. The molecule has 0 amide bonds. The van der Waals surface area contributed by atoms with E-state index in [0.29, 0.717) is 18.6 Å². The fourth-order valence-corrected chi connectivity index (χ4v) is 2.20. The Hall–Kier alpha value is -1.59. The molecule has 1 aromatic heterocycles. The molecule has 6 nitrogen and oxygen atoms in total. The summed E-state index contributed by atoms with van der Waals surface area (Å²) >= 11 is 0. The Morgan fingerprint density at radius 1 is 1.53 bits per heavy atom. The lowest BCUT2D eigenvalue weighted by atomic mass is 9.86. The van der Waals surface area contributed by atoms with Crippen molar-refractivity contribution in [3.8, 4) is 0 Å². The SMILES string of the molecule is CCOC(=O)C1CCC(Nc2ncn[nH]2)CC1. The number of aromatic amines is 1. The highest BCUT2D eigenvalue weighted by Crippen LogP contribution is 2.26. The number of carbonyl (C=O) groups is 1. The highest BCUT2D eigenvalue weighted by atomic mass is 16.5. The third-order valence-corrected chi connectivity index (χ3v) is 3.10. The first-order valence-corrected chi connectivity index (χ1v) is 6.08. The summed E-state index contributed by atoms with van der Waals surface area (Å²) in [6.45, 7) is 2.31. The predicted molar refractivity (Wildman–Crippen MR) is 62.4 cm³/mol. The number of H-pyrrole nitrogens is 1. The average molecular weight is 238 g/mol. The van der Waals surface area contributed by atoms with Crippen molar-refractivity contribution >= 4 is 11.9 Å². The summed E-state index contributed by atoms with van der Waals surface area (Å²) in [7, 11) is 0. The zero-order chi connectivity index (χ0) is 12.1. The molecule has 0 aliphatic heterocycles. The van der Waals surface area contributed by atoms with Gasteiger partial charge in [-0.3, -0.25) is 4.79 Å². The van der Waals surface area contributed by atoms with Crippen LogP contribution in [-0.2, 0) is 9.53 Å². The van der Waals surface area contributed by atoms with Crippen LogP contribution < -0.4 is 5.32 Å². The van der Waals surface area contributed by atoms with Gasteiger partial charge in [0.15, 0.2) is 0 Å². The second kappa shape index (κ2) is 5.65. The molecule has 1 aliphatic rings. The number of nitrogens with zero attached hydrogens (tertiary/aromatic N) is 2. The number of hydrogen-bond donors (Lipinski definition) is 2. The molecule has 1 fully saturated rings. The molecule has 2 rings (SSSR count). The predicted octanol–water partition coefficient (Wildman–Crippen LogP) is 1.34. The molecule has 2 N–H and O–H groups in total. The van der Waals surface area contributed by atoms with E-state index in [4.69, 9.17) is 4.74 Å². The Balaban J connectivity index is 1.76. The lowest BCUT2D eigenvalue weighted by Gasteiger charge is -2.27. The van der Waals surface area contributed by atoms with Crippen LogP contribution in [0.15, 0.2) is 6.33 Å². The van der Waals surface area contributed by atoms with Crippen LogP contribution in [0, 0.1) is 5.92 Å². The molecule has 1 heterocycles. The maximum absolute atomic E-state index is 11.6. The third-order valence-electron chi connectivity index (χ3n) is 3.10. The summed E-state index contributed by atoms with van der Waals surface area (Å²) in [6, 6.07) is 0.369. The summed E-state index contributed by atoms with van der Waals surface area (Å²) in [5, 5.41) is 9.83. The molecule has 1 aromatic rings. The standard InChI is InChI=1S/C11H18N4O2/c1-2-17-10(16)8-3-5-9(6-4-8)14-11-12-7-13-15-11/h7-9H,2-6H2,1H3,(H2,12,13,14,15). The van der Waals surface area contributed by atoms with Gasteiger partial charge in [0.05, 0.1) is 12.5 Å². The third kappa shape index (κ3) is 3.18. The minimum atomic E-state index is -0.0504. The van der Waals surface area contributed by atoms with Crippen LogP contribution in [0.25, 0.3) is 0 Å². The second-order valence-electron chi connectivity index (χ2n) is 4.28. The highest BCUT2D eigenvalue weighted by Gasteiger charge is 2.27. The Morgan fingerprint density at radius 2 is 2.29 bits per heavy atom. The first-order chi connectivity index (χ1) is 8.29. The molecule has 0 saturated heterocycles. The first-order valence-electron chi connectivity index (χ1n) is 6.08. The minimum Gasteiger partial charge on any atom is -0.466 e. The van der Waals surface area contributed by atoms with E-state index in [2.05, 4.69) is 20.5 Å². The maximum atomic E-state index is 11.6. The van der Waals surface area contributed by atoms with Crippen LogP contribution in [0.1, 0.15) is 32.6 Å². The van der Waals surface area contributed by atoms with E-state index in [1.165, 1.54) is 6.33 Å². The summed E-state index contributed by atoms with van der Waals surface area (Å²) in [5.74, 6) is 0.720. The number of anilines is 1. The van der Waals surface area contributed by atoms with Crippen molar-refractivity contribution < 1.29 is 9.53 Å². The van der Waals surface area contributed by atoms with Gasteiger partial charge >= 0.3 is 5.97 Å². The fraction of sp³-hybridized carbons (Fsp3) is 0.727. The molecule has 6 heteroatoms. The Labute approximate surface area is 100 Å². The fourth-order valence-electron chi connectivity index (χ4n) is 2.20. The molecule has 94 valence electrons. The molecular weight excluding hydrogens is 220 g/mol. The van der Waals surface area contributed by atoms with Crippen LogP contribution in [-0.4, -0.2) is 33.8 Å². The smallest absolute Gasteiger partial charge is 0.308 e. The van der Waals surface area contributed by atoms with E-state index >= 15 is 0 Å². The largest absolute Gasteiger partial charge is 0.466 e. The normalized spacial score (nSPS) is 24.3. The van der Waals surface area contributed by atoms with Crippen LogP contribution in [0.5, 0.6) is 0 Å². The Morgan fingerprint density at radius 3 is 2.88 bits per heavy atom. The topological polar surface area (TPSA) is 79.9 Å². The van der Waals surface area contributed by atoms with Crippen LogP contribution >= 0.6 is 0 Å². The van der Waals surface area contributed by atoms with Gasteiger partial charge in [0.25, 0.3) is 0 Å². The number of hydrogen-bond acceptors (Lipinski definition) is 5. The van der Waals surface area contributed by atoms with E-state index in [1.807, 2.05) is 6.92 Å². The van der Waals surface area contributed by atoms with Crippen molar-refractivity contribution in [1.29, 1.82) is 0 Å². The second-order valence-corrected chi connectivity index (χ2v) is 4.28. The number of carbonyl (C=O) groups excluding carboxylic acids is 1. The van der Waals surface area contributed by atoms with Gasteiger partial charge in [-0.2, -0.15) is 5.10 Å². The summed E-state index contributed by atoms with van der Waals surface area (Å²) in [5.41, 5.74) is 0. The van der Waals surface area contributed by atoms with E-state index in [0.717, 1.165) is 25.7 Å². The van der Waals surface area contributed by atoms with Crippen molar-refractivity contribution in [3.05, 3.63) is 6.33 Å². The zero-order valence-electron chi connectivity index (χ0n) is 9.98. The highest BCUT2D eigenvalue weighted by molar-refractivity contribution is 5.72. The molecule has 0 bridgehead atoms. The van der Waals surface area contributed by atoms with Crippen molar-refractivity contribution in [2.75, 3.05) is 11.9 Å². The number of aromatic nitrogens is 3. The van der Waals surface area contributed by atoms with Gasteiger partial charge in [0, 0.05) is 6.04 Å². The van der Waals surface area contributed by atoms with Crippen molar-refractivity contribution in [3.63, 3.8) is 0 Å². The van der Waals surface area contributed by atoms with Gasteiger partial charge in [-0.25, -0.2) is 10.1 Å². The van der Waals surface area contributed by atoms with E-state index in [-0.39, 0.29) is 11.9 Å². The summed E-state index contributed by atoms with van der Waals surface area (Å²) in [4.78, 5) is 15.6. The van der Waals surface area contributed by atoms with Crippen molar-refractivity contribution in [2.45, 2.75) is 38.6 Å². The zero-order valence-corrected chi connectivity index (χ0v) is 9.98. The Bertz CT molecular complexity index is 344. The van der Waals surface area contributed by atoms with Crippen LogP contribution in [0.2, 0.25) is 0 Å². The molecule has 1 saturated carbocycles. The van der Waals surface area contributed by atoms with E-state index in [1.54, 1.807) is 0 Å². The van der Waals surface area contributed by atoms with E-state index < -0.39 is 0 Å². The molecule has 0 unspecified atom stereocenters. The van der Waals surface area contributed by atoms with Gasteiger partial charge in [-0.1, -0.05) is 0 Å². The minimum absolute atomic E-state index is 0.0504. The molecule has 0 spiro atoms. The molecule has 0 aromatic carbocycles. The Kier molecular flexibility index (Phi) is 3.95. The maximum Gasteiger partial charge on any atom is 0.308 e. The first kappa shape index (κ1) is 11.9. The van der Waals surface area contributed by atoms with Crippen molar-refractivity contribution in [1.82, 2.24) is 15.2 Å². The monoisotopic (exact) mass is 238 g/mol. The van der Waals surface area contributed by atoms with E-state index in [9.17, 15) is 4.79 Å².